The Hall–Kier alpha value is -3.10. The highest BCUT2D eigenvalue weighted by molar-refractivity contribution is 6.31. The van der Waals surface area contributed by atoms with Crippen molar-refractivity contribution in [1.82, 2.24) is 10.2 Å². The highest BCUT2D eigenvalue weighted by Crippen LogP contribution is 2.53. The number of carbonyl (C=O) groups excluding carboxylic acids is 3. The molecule has 0 radical (unpaired) electrons. The number of nitrogens with zero attached hydrogens (tertiary/aromatic N) is 1. The van der Waals surface area contributed by atoms with Crippen LogP contribution in [0.5, 0.6) is 11.5 Å². The number of benzene rings is 2. The standard InChI is InChI=1S/C24H24ClN3O5/c1-12-19-20(24(27-12)15-11-14(25)5-6-16(15)26-23(24)31)22(30)28(21(19)29)9-8-13-4-7-17(32-2)18(10-13)33-3/h4-7,10-12,19-20,27H,8-9H2,1-3H3,(H,26,31)/t12-,19-,20+,24+/m1/s1. The van der Waals surface area contributed by atoms with Crippen molar-refractivity contribution < 1.29 is 23.9 Å². The van der Waals surface area contributed by atoms with E-state index in [1.807, 2.05) is 19.1 Å². The Balaban J connectivity index is 1.45. The van der Waals surface area contributed by atoms with Gasteiger partial charge in [-0.2, -0.15) is 0 Å². The molecule has 2 saturated heterocycles. The third-order valence-corrected chi connectivity index (χ3v) is 7.22. The number of fused-ring (bicyclic) bond motifs is 4. The van der Waals surface area contributed by atoms with Crippen LogP contribution in [0.4, 0.5) is 5.69 Å². The maximum Gasteiger partial charge on any atom is 0.250 e. The topological polar surface area (TPSA) is 97.0 Å². The summed E-state index contributed by atoms with van der Waals surface area (Å²) in [6, 6.07) is 10.3. The summed E-state index contributed by atoms with van der Waals surface area (Å²) < 4.78 is 10.6. The van der Waals surface area contributed by atoms with E-state index in [9.17, 15) is 14.4 Å². The van der Waals surface area contributed by atoms with Crippen LogP contribution >= 0.6 is 11.6 Å². The van der Waals surface area contributed by atoms with Crippen LogP contribution in [0.2, 0.25) is 5.02 Å². The lowest BCUT2D eigenvalue weighted by Gasteiger charge is -2.29. The van der Waals surface area contributed by atoms with Gasteiger partial charge in [0.15, 0.2) is 11.5 Å². The number of hydrogen-bond acceptors (Lipinski definition) is 6. The lowest BCUT2D eigenvalue weighted by Crippen LogP contribution is -2.53. The van der Waals surface area contributed by atoms with E-state index >= 15 is 0 Å². The van der Waals surface area contributed by atoms with Crippen molar-refractivity contribution >= 4 is 35.0 Å². The number of likely N-dealkylation sites (tertiary alicyclic amines) is 1. The van der Waals surface area contributed by atoms with Crippen LogP contribution in [-0.4, -0.2) is 49.4 Å². The van der Waals surface area contributed by atoms with Crippen LogP contribution < -0.4 is 20.1 Å². The number of carbonyl (C=O) groups is 3. The van der Waals surface area contributed by atoms with Gasteiger partial charge in [-0.25, -0.2) is 0 Å². The average molecular weight is 470 g/mol. The van der Waals surface area contributed by atoms with Crippen molar-refractivity contribution in [3.8, 4) is 11.5 Å². The minimum atomic E-state index is -1.31. The van der Waals surface area contributed by atoms with Crippen LogP contribution in [-0.2, 0) is 26.3 Å². The summed E-state index contributed by atoms with van der Waals surface area (Å²) in [7, 11) is 3.12. The van der Waals surface area contributed by atoms with Gasteiger partial charge in [-0.3, -0.25) is 24.6 Å². The van der Waals surface area contributed by atoms with Crippen molar-refractivity contribution in [3.05, 3.63) is 52.5 Å². The van der Waals surface area contributed by atoms with Crippen molar-refractivity contribution in [3.63, 3.8) is 0 Å². The van der Waals surface area contributed by atoms with Crippen LogP contribution in [0.1, 0.15) is 18.1 Å². The number of anilines is 1. The van der Waals surface area contributed by atoms with E-state index in [1.54, 1.807) is 38.5 Å². The minimum Gasteiger partial charge on any atom is -0.493 e. The zero-order valence-electron chi connectivity index (χ0n) is 18.5. The Morgan fingerprint density at radius 1 is 1.03 bits per heavy atom. The smallest absolute Gasteiger partial charge is 0.250 e. The maximum absolute atomic E-state index is 13.6. The number of nitrogens with one attached hydrogen (secondary N) is 2. The van der Waals surface area contributed by atoms with E-state index in [4.69, 9.17) is 21.1 Å². The number of rotatable bonds is 5. The average Bonchev–Trinajstić information content (AvgIpc) is 3.36. The molecule has 3 amide bonds. The third-order valence-electron chi connectivity index (χ3n) is 6.99. The predicted octanol–water partition coefficient (Wildman–Crippen LogP) is 2.34. The van der Waals surface area contributed by atoms with Gasteiger partial charge >= 0.3 is 0 Å². The predicted molar refractivity (Wildman–Crippen MR) is 121 cm³/mol. The zero-order valence-corrected chi connectivity index (χ0v) is 19.2. The van der Waals surface area contributed by atoms with Crippen LogP contribution in [0.25, 0.3) is 0 Å². The fraction of sp³-hybridized carbons (Fsp3) is 0.375. The van der Waals surface area contributed by atoms with Gasteiger partial charge in [-0.15, -0.1) is 0 Å². The van der Waals surface area contributed by atoms with Crippen molar-refractivity contribution in [2.75, 3.05) is 26.1 Å². The SMILES string of the molecule is COc1ccc(CCN2C(=O)[C@H]3[C@@H](C2=O)[C@]2(N[C@@H]3C)C(=O)Nc3ccc(Cl)cc32)cc1OC. The Labute approximate surface area is 196 Å². The molecule has 172 valence electrons. The van der Waals surface area contributed by atoms with Crippen molar-refractivity contribution in [2.24, 2.45) is 11.8 Å². The Bertz CT molecular complexity index is 1180. The molecule has 0 unspecified atom stereocenters. The molecule has 1 spiro atoms. The van der Waals surface area contributed by atoms with Crippen LogP contribution in [0, 0.1) is 11.8 Å². The van der Waals surface area contributed by atoms with Gasteiger partial charge in [0.05, 0.1) is 26.1 Å². The summed E-state index contributed by atoms with van der Waals surface area (Å²) >= 11 is 6.22. The zero-order chi connectivity index (χ0) is 23.5. The molecule has 2 N–H and O–H groups in total. The molecule has 2 aromatic carbocycles. The summed E-state index contributed by atoms with van der Waals surface area (Å²) in [5.41, 5.74) is 0.813. The summed E-state index contributed by atoms with van der Waals surface area (Å²) in [5.74, 6) is -1.20. The van der Waals surface area contributed by atoms with Gasteiger partial charge in [0.25, 0.3) is 0 Å². The number of ether oxygens (including phenoxy) is 2. The molecule has 4 atom stereocenters. The lowest BCUT2D eigenvalue weighted by molar-refractivity contribution is -0.142. The molecule has 0 saturated carbocycles. The van der Waals surface area contributed by atoms with E-state index in [2.05, 4.69) is 10.6 Å². The van der Waals surface area contributed by atoms with Gasteiger partial charge < -0.3 is 14.8 Å². The van der Waals surface area contributed by atoms with Crippen molar-refractivity contribution in [1.29, 1.82) is 0 Å². The highest BCUT2D eigenvalue weighted by atomic mass is 35.5. The fourth-order valence-electron chi connectivity index (χ4n) is 5.49. The first kappa shape index (κ1) is 21.7. The molecular formula is C24H24ClN3O5. The number of amides is 3. The second-order valence-corrected chi connectivity index (χ2v) is 9.09. The molecule has 0 bridgehead atoms. The molecule has 0 aromatic heterocycles. The van der Waals surface area contributed by atoms with Crippen LogP contribution in [0.3, 0.4) is 0 Å². The number of hydrogen-bond donors (Lipinski definition) is 2. The molecule has 8 nitrogen and oxygen atoms in total. The minimum absolute atomic E-state index is 0.215. The summed E-state index contributed by atoms with van der Waals surface area (Å²) in [4.78, 5) is 41.4. The molecule has 9 heteroatoms. The number of halogens is 1. The molecule has 3 aliphatic heterocycles. The van der Waals surface area contributed by atoms with Crippen LogP contribution in [0.15, 0.2) is 36.4 Å². The monoisotopic (exact) mass is 469 g/mol. The van der Waals surface area contributed by atoms with Gasteiger partial charge in [0.1, 0.15) is 5.54 Å². The highest BCUT2D eigenvalue weighted by Gasteiger charge is 2.69. The molecule has 5 rings (SSSR count). The summed E-state index contributed by atoms with van der Waals surface area (Å²) in [6.45, 7) is 2.05. The first-order valence-electron chi connectivity index (χ1n) is 10.8. The second kappa shape index (κ2) is 7.74. The first-order valence-corrected chi connectivity index (χ1v) is 11.1. The van der Waals surface area contributed by atoms with Gasteiger partial charge in [-0.1, -0.05) is 17.7 Å². The Morgan fingerprint density at radius 2 is 1.79 bits per heavy atom. The number of methoxy groups -OCH3 is 2. The van der Waals surface area contributed by atoms with Gasteiger partial charge in [-0.05, 0) is 49.2 Å². The quantitative estimate of drug-likeness (QED) is 0.652. The first-order chi connectivity index (χ1) is 15.8. The molecule has 2 aromatic rings. The maximum atomic E-state index is 13.6. The molecule has 2 fully saturated rings. The van der Waals surface area contributed by atoms with E-state index in [-0.39, 0.29) is 30.3 Å². The van der Waals surface area contributed by atoms with E-state index < -0.39 is 17.4 Å². The summed E-state index contributed by atoms with van der Waals surface area (Å²) in [6.07, 6.45) is 0.459. The molecule has 33 heavy (non-hydrogen) atoms. The van der Waals surface area contributed by atoms with E-state index in [0.29, 0.717) is 34.2 Å². The lowest BCUT2D eigenvalue weighted by atomic mass is 9.76. The molecular weight excluding hydrogens is 446 g/mol. The Kier molecular flexibility index (Phi) is 5.10. The van der Waals surface area contributed by atoms with E-state index in [0.717, 1.165) is 5.56 Å². The third kappa shape index (κ3) is 3.04. The van der Waals surface area contributed by atoms with Gasteiger partial charge in [0, 0.05) is 28.9 Å². The second-order valence-electron chi connectivity index (χ2n) is 8.66. The molecule has 0 aliphatic carbocycles. The Morgan fingerprint density at radius 3 is 2.52 bits per heavy atom. The van der Waals surface area contributed by atoms with Crippen molar-refractivity contribution in [2.45, 2.75) is 24.9 Å². The molecule has 3 aliphatic rings. The number of imide groups is 1. The fourth-order valence-corrected chi connectivity index (χ4v) is 5.66. The summed E-state index contributed by atoms with van der Waals surface area (Å²) in [5, 5.41) is 6.59. The largest absolute Gasteiger partial charge is 0.493 e. The van der Waals surface area contributed by atoms with E-state index in [1.165, 1.54) is 4.90 Å². The normalized spacial score (nSPS) is 27.7. The molecule has 3 heterocycles. The van der Waals surface area contributed by atoms with Gasteiger partial charge in [0.2, 0.25) is 17.7 Å².